The molecule has 0 saturated heterocycles. The molecule has 1 aromatic heterocycles. The molecule has 2 rings (SSSR count). The summed E-state index contributed by atoms with van der Waals surface area (Å²) in [7, 11) is 0. The Labute approximate surface area is 125 Å². The molecule has 3 N–H and O–H groups in total. The topological polar surface area (TPSA) is 94.1 Å². The summed E-state index contributed by atoms with van der Waals surface area (Å²) in [6.07, 6.45) is 0. The smallest absolute Gasteiger partial charge is 0.276 e. The van der Waals surface area contributed by atoms with E-state index in [0.29, 0.717) is 5.82 Å². The number of nitrogens with two attached hydrogens (primary N) is 1. The van der Waals surface area contributed by atoms with Crippen molar-refractivity contribution in [2.24, 2.45) is 0 Å². The SMILES string of the molecule is Nc1cc([N+](=O)[O-])cc(Nc2cc(Br)ccc2Br)n1. The highest BCUT2D eigenvalue weighted by molar-refractivity contribution is 9.11. The van der Waals surface area contributed by atoms with Crippen LogP contribution < -0.4 is 11.1 Å². The largest absolute Gasteiger partial charge is 0.383 e. The normalized spacial score (nSPS) is 10.2. The number of halogens is 2. The van der Waals surface area contributed by atoms with E-state index in [1.165, 1.54) is 12.1 Å². The molecule has 0 unspecified atom stereocenters. The van der Waals surface area contributed by atoms with Crippen LogP contribution in [0.5, 0.6) is 0 Å². The third kappa shape index (κ3) is 3.42. The molecule has 0 spiro atoms. The highest BCUT2D eigenvalue weighted by Crippen LogP contribution is 2.29. The van der Waals surface area contributed by atoms with Gasteiger partial charge in [0.15, 0.2) is 0 Å². The van der Waals surface area contributed by atoms with Gasteiger partial charge in [-0.3, -0.25) is 10.1 Å². The summed E-state index contributed by atoms with van der Waals surface area (Å²) in [5.41, 5.74) is 6.16. The molecule has 1 aromatic carbocycles. The van der Waals surface area contributed by atoms with E-state index in [-0.39, 0.29) is 11.5 Å². The summed E-state index contributed by atoms with van der Waals surface area (Å²) in [5.74, 6) is 0.397. The standard InChI is InChI=1S/C11H8Br2N4O2/c12-6-1-2-8(13)9(3-6)15-11-5-7(17(18)19)4-10(14)16-11/h1-5H,(H3,14,15,16). The first-order valence-electron chi connectivity index (χ1n) is 5.10. The van der Waals surface area contributed by atoms with Crippen LogP contribution in [0.25, 0.3) is 0 Å². The molecule has 19 heavy (non-hydrogen) atoms. The maximum atomic E-state index is 10.8. The Morgan fingerprint density at radius 1 is 1.26 bits per heavy atom. The van der Waals surface area contributed by atoms with Crippen molar-refractivity contribution in [1.29, 1.82) is 0 Å². The van der Waals surface area contributed by atoms with Crippen molar-refractivity contribution in [3.63, 3.8) is 0 Å². The minimum atomic E-state index is -0.515. The zero-order valence-corrected chi connectivity index (χ0v) is 12.6. The van der Waals surface area contributed by atoms with E-state index in [1.807, 2.05) is 18.2 Å². The average molecular weight is 388 g/mol. The van der Waals surface area contributed by atoms with E-state index < -0.39 is 4.92 Å². The van der Waals surface area contributed by atoms with Crippen LogP contribution in [0.4, 0.5) is 23.0 Å². The van der Waals surface area contributed by atoms with Crippen LogP contribution in [0.15, 0.2) is 39.3 Å². The lowest BCUT2D eigenvalue weighted by Crippen LogP contribution is -2.00. The first kappa shape index (κ1) is 13.8. The second-order valence-electron chi connectivity index (χ2n) is 3.64. The number of nitrogens with one attached hydrogen (secondary N) is 1. The second-order valence-corrected chi connectivity index (χ2v) is 5.41. The molecule has 1 heterocycles. The van der Waals surface area contributed by atoms with Crippen molar-refractivity contribution < 1.29 is 4.92 Å². The predicted octanol–water partition coefficient (Wildman–Crippen LogP) is 3.84. The lowest BCUT2D eigenvalue weighted by molar-refractivity contribution is -0.384. The number of nitrogen functional groups attached to an aromatic ring is 1. The van der Waals surface area contributed by atoms with Gasteiger partial charge in [0.1, 0.15) is 11.6 Å². The molecule has 0 saturated carbocycles. The molecule has 0 atom stereocenters. The monoisotopic (exact) mass is 386 g/mol. The van der Waals surface area contributed by atoms with Gasteiger partial charge in [-0.05, 0) is 34.1 Å². The van der Waals surface area contributed by atoms with Gasteiger partial charge in [0.2, 0.25) is 0 Å². The molecule has 8 heteroatoms. The molecule has 0 aliphatic carbocycles. The van der Waals surface area contributed by atoms with Gasteiger partial charge in [0.25, 0.3) is 5.69 Å². The van der Waals surface area contributed by atoms with Crippen LogP contribution in [0, 0.1) is 10.1 Å². The number of hydrogen-bond acceptors (Lipinski definition) is 5. The van der Waals surface area contributed by atoms with Crippen molar-refractivity contribution in [2.45, 2.75) is 0 Å². The molecule has 2 aromatic rings. The zero-order valence-electron chi connectivity index (χ0n) is 9.43. The highest BCUT2D eigenvalue weighted by atomic mass is 79.9. The van der Waals surface area contributed by atoms with Crippen LogP contribution in [0.3, 0.4) is 0 Å². The van der Waals surface area contributed by atoms with E-state index in [9.17, 15) is 10.1 Å². The predicted molar refractivity (Wildman–Crippen MR) is 80.4 cm³/mol. The Kier molecular flexibility index (Phi) is 4.01. The van der Waals surface area contributed by atoms with Gasteiger partial charge in [-0.1, -0.05) is 15.9 Å². The summed E-state index contributed by atoms with van der Waals surface area (Å²) < 4.78 is 1.68. The minimum Gasteiger partial charge on any atom is -0.383 e. The molecule has 0 aliphatic rings. The second kappa shape index (κ2) is 5.54. The first-order chi connectivity index (χ1) is 8.95. The van der Waals surface area contributed by atoms with E-state index in [0.717, 1.165) is 14.6 Å². The summed E-state index contributed by atoms with van der Waals surface area (Å²) in [5, 5.41) is 13.7. The summed E-state index contributed by atoms with van der Waals surface area (Å²) in [6.45, 7) is 0. The van der Waals surface area contributed by atoms with Gasteiger partial charge in [-0.25, -0.2) is 4.98 Å². The van der Waals surface area contributed by atoms with Gasteiger partial charge >= 0.3 is 0 Å². The van der Waals surface area contributed by atoms with Crippen molar-refractivity contribution in [3.05, 3.63) is 49.4 Å². The van der Waals surface area contributed by atoms with E-state index >= 15 is 0 Å². The lowest BCUT2D eigenvalue weighted by Gasteiger charge is -2.08. The van der Waals surface area contributed by atoms with E-state index in [2.05, 4.69) is 42.2 Å². The first-order valence-corrected chi connectivity index (χ1v) is 6.68. The number of hydrogen-bond donors (Lipinski definition) is 2. The highest BCUT2D eigenvalue weighted by Gasteiger charge is 2.11. The average Bonchev–Trinajstić information content (AvgIpc) is 2.33. The molecule has 98 valence electrons. The maximum Gasteiger partial charge on any atom is 0.276 e. The summed E-state index contributed by atoms with van der Waals surface area (Å²) in [4.78, 5) is 14.3. The number of aromatic nitrogens is 1. The van der Waals surface area contributed by atoms with Crippen LogP contribution >= 0.6 is 31.9 Å². The Morgan fingerprint density at radius 3 is 2.68 bits per heavy atom. The Balaban J connectivity index is 2.38. The zero-order chi connectivity index (χ0) is 14.0. The van der Waals surface area contributed by atoms with Crippen LogP contribution in [0.1, 0.15) is 0 Å². The molecule has 6 nitrogen and oxygen atoms in total. The minimum absolute atomic E-state index is 0.0859. The van der Waals surface area contributed by atoms with Crippen LogP contribution in [0.2, 0.25) is 0 Å². The fraction of sp³-hybridized carbons (Fsp3) is 0. The Hall–Kier alpha value is -1.67. The van der Waals surface area contributed by atoms with Crippen LogP contribution in [-0.4, -0.2) is 9.91 Å². The molecule has 0 fully saturated rings. The lowest BCUT2D eigenvalue weighted by atomic mass is 10.3. The fourth-order valence-electron chi connectivity index (χ4n) is 1.44. The van der Waals surface area contributed by atoms with Gasteiger partial charge < -0.3 is 11.1 Å². The molecule has 0 aliphatic heterocycles. The Bertz CT molecular complexity index is 649. The summed E-state index contributed by atoms with van der Waals surface area (Å²) >= 11 is 6.73. The third-order valence-electron chi connectivity index (χ3n) is 2.23. The van der Waals surface area contributed by atoms with Gasteiger partial charge in [0.05, 0.1) is 22.7 Å². The van der Waals surface area contributed by atoms with E-state index in [4.69, 9.17) is 5.73 Å². The molecular formula is C11H8Br2N4O2. The number of rotatable bonds is 3. The molecule has 0 radical (unpaired) electrons. The van der Waals surface area contributed by atoms with Crippen molar-refractivity contribution in [2.75, 3.05) is 11.1 Å². The van der Waals surface area contributed by atoms with Crippen molar-refractivity contribution >= 4 is 54.9 Å². The molecule has 0 amide bonds. The quantitative estimate of drug-likeness (QED) is 0.616. The molecular weight excluding hydrogens is 380 g/mol. The number of nitro groups is 1. The third-order valence-corrected chi connectivity index (χ3v) is 3.42. The maximum absolute atomic E-state index is 10.8. The summed E-state index contributed by atoms with van der Waals surface area (Å²) in [6, 6.07) is 8.06. The fourth-order valence-corrected chi connectivity index (χ4v) is 2.14. The van der Waals surface area contributed by atoms with Gasteiger partial charge in [0, 0.05) is 8.95 Å². The van der Waals surface area contributed by atoms with Crippen molar-refractivity contribution in [1.82, 2.24) is 4.98 Å². The van der Waals surface area contributed by atoms with Gasteiger partial charge in [-0.15, -0.1) is 0 Å². The van der Waals surface area contributed by atoms with Gasteiger partial charge in [-0.2, -0.15) is 0 Å². The molecule has 0 bridgehead atoms. The van der Waals surface area contributed by atoms with E-state index in [1.54, 1.807) is 0 Å². The van der Waals surface area contributed by atoms with Crippen molar-refractivity contribution in [3.8, 4) is 0 Å². The Morgan fingerprint density at radius 2 is 2.00 bits per heavy atom. The number of pyridine rings is 1. The number of nitrogens with zero attached hydrogens (tertiary/aromatic N) is 2. The number of anilines is 3. The number of benzene rings is 1. The van der Waals surface area contributed by atoms with Crippen LogP contribution in [-0.2, 0) is 0 Å².